The van der Waals surface area contributed by atoms with Crippen LogP contribution in [-0.4, -0.2) is 41.6 Å². The van der Waals surface area contributed by atoms with Gasteiger partial charge in [-0.15, -0.1) is 11.8 Å². The van der Waals surface area contributed by atoms with E-state index >= 15 is 0 Å². The van der Waals surface area contributed by atoms with Crippen molar-refractivity contribution in [1.29, 1.82) is 0 Å². The molecular weight excluding hydrogens is 463 g/mol. The van der Waals surface area contributed by atoms with Crippen LogP contribution in [0.5, 0.6) is 0 Å². The van der Waals surface area contributed by atoms with Gasteiger partial charge in [-0.1, -0.05) is 53.5 Å². The smallest absolute Gasteiger partial charge is 0.260 e. The van der Waals surface area contributed by atoms with Crippen molar-refractivity contribution in [3.8, 4) is 0 Å². The zero-order valence-corrected chi connectivity index (χ0v) is 20.2. The molecule has 1 aliphatic carbocycles. The van der Waals surface area contributed by atoms with E-state index in [0.717, 1.165) is 30.4 Å². The number of thioether (sulfide) groups is 1. The second-order valence-corrected chi connectivity index (χ2v) is 10.5. The van der Waals surface area contributed by atoms with Gasteiger partial charge >= 0.3 is 0 Å². The molecule has 1 heterocycles. The summed E-state index contributed by atoms with van der Waals surface area (Å²) in [6.07, 6.45) is 5.10. The van der Waals surface area contributed by atoms with E-state index in [-0.39, 0.29) is 23.8 Å². The number of amides is 2. The van der Waals surface area contributed by atoms with E-state index in [9.17, 15) is 9.59 Å². The molecule has 4 nitrogen and oxygen atoms in total. The number of nitrogens with zero attached hydrogens (tertiary/aromatic N) is 1. The van der Waals surface area contributed by atoms with Gasteiger partial charge in [-0.3, -0.25) is 9.59 Å². The molecule has 2 aromatic rings. The van der Waals surface area contributed by atoms with Gasteiger partial charge in [0.1, 0.15) is 0 Å². The Morgan fingerprint density at radius 2 is 1.91 bits per heavy atom. The lowest BCUT2D eigenvalue weighted by atomic mass is 9.83. The quantitative estimate of drug-likeness (QED) is 0.570. The molecular formula is C25H26Cl2N2O2S. The highest BCUT2D eigenvalue weighted by atomic mass is 35.5. The predicted octanol–water partition coefficient (Wildman–Crippen LogP) is 5.44. The van der Waals surface area contributed by atoms with E-state index in [1.165, 1.54) is 0 Å². The Morgan fingerprint density at radius 1 is 1.16 bits per heavy atom. The number of carbonyl (C=O) groups is 2. The minimum Gasteiger partial charge on any atom is -0.356 e. The van der Waals surface area contributed by atoms with Crippen molar-refractivity contribution in [3.05, 3.63) is 74.6 Å². The normalized spacial score (nSPS) is 24.3. The standard InChI is InChI=1S/C25H26Cl2N2O2S/c1-29-21-14-18(24(30)28-13-12-16-6-9-19(26)10-7-16)8-11-22(21)32-23(25(29)31)15-17-4-2-3-5-20(17)27/h2-7,9-10,15,18,21-22H,8,11-14H2,1H3,(H,28,30)/b23-15-. The molecule has 2 amide bonds. The maximum Gasteiger partial charge on any atom is 0.260 e. The molecule has 0 bridgehead atoms. The number of rotatable bonds is 5. The van der Waals surface area contributed by atoms with Crippen molar-refractivity contribution in [3.63, 3.8) is 0 Å². The van der Waals surface area contributed by atoms with Crippen molar-refractivity contribution in [2.45, 2.75) is 37.0 Å². The molecule has 1 saturated heterocycles. The third-order valence-corrected chi connectivity index (χ3v) is 8.25. The second kappa shape index (κ2) is 10.3. The summed E-state index contributed by atoms with van der Waals surface area (Å²) in [4.78, 5) is 28.3. The summed E-state index contributed by atoms with van der Waals surface area (Å²) >= 11 is 13.8. The first-order chi connectivity index (χ1) is 15.4. The van der Waals surface area contributed by atoms with Crippen molar-refractivity contribution in [2.24, 2.45) is 5.92 Å². The van der Waals surface area contributed by atoms with Crippen LogP contribution in [0, 0.1) is 5.92 Å². The van der Waals surface area contributed by atoms with E-state index in [2.05, 4.69) is 5.32 Å². The van der Waals surface area contributed by atoms with Gasteiger partial charge in [0.15, 0.2) is 0 Å². The number of likely N-dealkylation sites (N-methyl/N-ethyl adjacent to an activating group) is 1. The molecule has 1 N–H and O–H groups in total. The summed E-state index contributed by atoms with van der Waals surface area (Å²) in [5, 5.41) is 4.72. The van der Waals surface area contributed by atoms with Gasteiger partial charge in [0.05, 0.1) is 4.91 Å². The molecule has 32 heavy (non-hydrogen) atoms. The summed E-state index contributed by atoms with van der Waals surface area (Å²) in [6.45, 7) is 0.597. The summed E-state index contributed by atoms with van der Waals surface area (Å²) in [7, 11) is 1.85. The minimum atomic E-state index is -0.0635. The maximum absolute atomic E-state index is 13.0. The summed E-state index contributed by atoms with van der Waals surface area (Å²) in [5.41, 5.74) is 2.00. The molecule has 168 valence electrons. The average molecular weight is 489 g/mol. The molecule has 1 aliphatic heterocycles. The number of nitrogens with one attached hydrogen (secondary N) is 1. The first kappa shape index (κ1) is 23.2. The third-order valence-electron chi connectivity index (χ3n) is 6.25. The molecule has 3 unspecified atom stereocenters. The van der Waals surface area contributed by atoms with Crippen LogP contribution >= 0.6 is 35.0 Å². The topological polar surface area (TPSA) is 49.4 Å². The Labute approximate surface area is 203 Å². The van der Waals surface area contributed by atoms with Crippen LogP contribution in [0.3, 0.4) is 0 Å². The first-order valence-electron chi connectivity index (χ1n) is 10.8. The zero-order chi connectivity index (χ0) is 22.7. The van der Waals surface area contributed by atoms with Crippen LogP contribution in [0.25, 0.3) is 6.08 Å². The van der Waals surface area contributed by atoms with Crippen LogP contribution in [0.2, 0.25) is 10.0 Å². The number of carbonyl (C=O) groups excluding carboxylic acids is 2. The van der Waals surface area contributed by atoms with Crippen LogP contribution in [0.4, 0.5) is 0 Å². The largest absolute Gasteiger partial charge is 0.356 e. The van der Waals surface area contributed by atoms with Crippen LogP contribution < -0.4 is 5.32 Å². The molecule has 4 rings (SSSR count). The van der Waals surface area contributed by atoms with Crippen LogP contribution in [0.1, 0.15) is 30.4 Å². The minimum absolute atomic E-state index is 0.0000312. The summed E-state index contributed by atoms with van der Waals surface area (Å²) < 4.78 is 0. The van der Waals surface area contributed by atoms with E-state index in [0.29, 0.717) is 33.2 Å². The van der Waals surface area contributed by atoms with Gasteiger partial charge in [-0.2, -0.15) is 0 Å². The Balaban J connectivity index is 1.35. The second-order valence-electron chi connectivity index (χ2n) is 8.35. The van der Waals surface area contributed by atoms with Gasteiger partial charge in [0, 0.05) is 40.8 Å². The highest BCUT2D eigenvalue weighted by Crippen LogP contribution is 2.43. The fourth-order valence-electron chi connectivity index (χ4n) is 4.39. The van der Waals surface area contributed by atoms with Crippen molar-refractivity contribution >= 4 is 52.9 Å². The molecule has 2 fully saturated rings. The van der Waals surface area contributed by atoms with Gasteiger partial charge in [-0.05, 0) is 61.1 Å². The van der Waals surface area contributed by atoms with E-state index in [4.69, 9.17) is 23.2 Å². The van der Waals surface area contributed by atoms with Crippen LogP contribution in [-0.2, 0) is 16.0 Å². The molecule has 2 aliphatic rings. The van der Waals surface area contributed by atoms with Crippen molar-refractivity contribution in [2.75, 3.05) is 13.6 Å². The number of hydrogen-bond acceptors (Lipinski definition) is 3. The molecule has 3 atom stereocenters. The lowest BCUT2D eigenvalue weighted by molar-refractivity contribution is -0.131. The molecule has 7 heteroatoms. The lowest BCUT2D eigenvalue weighted by Crippen LogP contribution is -2.52. The fraction of sp³-hybridized carbons (Fsp3) is 0.360. The predicted molar refractivity (Wildman–Crippen MR) is 133 cm³/mol. The van der Waals surface area contributed by atoms with Crippen molar-refractivity contribution in [1.82, 2.24) is 10.2 Å². The highest BCUT2D eigenvalue weighted by Gasteiger charge is 2.42. The monoisotopic (exact) mass is 488 g/mol. The van der Waals surface area contributed by atoms with Crippen molar-refractivity contribution < 1.29 is 9.59 Å². The Bertz CT molecular complexity index is 1020. The zero-order valence-electron chi connectivity index (χ0n) is 17.9. The Kier molecular flexibility index (Phi) is 7.49. The number of benzene rings is 2. The highest BCUT2D eigenvalue weighted by molar-refractivity contribution is 8.04. The molecule has 2 aromatic carbocycles. The molecule has 0 aromatic heterocycles. The number of hydrogen-bond donors (Lipinski definition) is 1. The first-order valence-corrected chi connectivity index (χ1v) is 12.5. The molecule has 1 saturated carbocycles. The maximum atomic E-state index is 13.0. The van der Waals surface area contributed by atoms with Gasteiger partial charge in [-0.25, -0.2) is 0 Å². The van der Waals surface area contributed by atoms with Gasteiger partial charge in [0.25, 0.3) is 5.91 Å². The number of fused-ring (bicyclic) bond motifs is 1. The lowest BCUT2D eigenvalue weighted by Gasteiger charge is -2.44. The van der Waals surface area contributed by atoms with E-state index in [1.807, 2.05) is 66.6 Å². The van der Waals surface area contributed by atoms with Gasteiger partial charge < -0.3 is 10.2 Å². The van der Waals surface area contributed by atoms with E-state index < -0.39 is 0 Å². The fourth-order valence-corrected chi connectivity index (χ4v) is 6.18. The Hall–Kier alpha value is -1.95. The Morgan fingerprint density at radius 3 is 2.66 bits per heavy atom. The average Bonchev–Trinajstić information content (AvgIpc) is 2.79. The molecule has 0 radical (unpaired) electrons. The van der Waals surface area contributed by atoms with E-state index in [1.54, 1.807) is 11.8 Å². The molecule has 0 spiro atoms. The summed E-state index contributed by atoms with van der Waals surface area (Å²) in [6, 6.07) is 15.3. The third kappa shape index (κ3) is 5.33. The van der Waals surface area contributed by atoms with Crippen LogP contribution in [0.15, 0.2) is 53.4 Å². The summed E-state index contributed by atoms with van der Waals surface area (Å²) in [5.74, 6) is 0.0204. The number of halogens is 2. The SMILES string of the molecule is CN1C(=O)/C(=C/c2ccccc2Cl)SC2CCC(C(=O)NCCc3ccc(Cl)cc3)CC21. The van der Waals surface area contributed by atoms with Gasteiger partial charge in [0.2, 0.25) is 5.91 Å².